The highest BCUT2D eigenvalue weighted by molar-refractivity contribution is 9.11. The zero-order chi connectivity index (χ0) is 15.6. The largest absolute Gasteiger partial charge is 0.314 e. The van der Waals surface area contributed by atoms with Crippen LogP contribution < -0.4 is 5.32 Å². The third kappa shape index (κ3) is 3.88. The van der Waals surface area contributed by atoms with Gasteiger partial charge in [0, 0.05) is 24.0 Å². The van der Waals surface area contributed by atoms with Gasteiger partial charge in [-0.25, -0.2) is 8.42 Å². The lowest BCUT2D eigenvalue weighted by atomic mass is 9.91. The Labute approximate surface area is 140 Å². The van der Waals surface area contributed by atoms with Gasteiger partial charge in [-0.1, -0.05) is 6.92 Å². The van der Waals surface area contributed by atoms with E-state index in [2.05, 4.69) is 35.1 Å². The molecule has 1 unspecified atom stereocenters. The minimum absolute atomic E-state index is 0.455. The van der Waals surface area contributed by atoms with E-state index < -0.39 is 10.0 Å². The summed E-state index contributed by atoms with van der Waals surface area (Å²) in [5, 5.41) is 3.44. The Balaban J connectivity index is 2.06. The Morgan fingerprint density at radius 1 is 1.48 bits per heavy atom. The van der Waals surface area contributed by atoms with E-state index in [1.165, 1.54) is 11.3 Å². The molecule has 1 aliphatic rings. The minimum atomic E-state index is -3.34. The van der Waals surface area contributed by atoms with Crippen molar-refractivity contribution in [3.8, 4) is 0 Å². The van der Waals surface area contributed by atoms with E-state index in [0.717, 1.165) is 28.0 Å². The van der Waals surface area contributed by atoms with E-state index >= 15 is 0 Å². The Bertz CT molecular complexity index is 578. The van der Waals surface area contributed by atoms with Crippen LogP contribution in [-0.4, -0.2) is 38.4 Å². The number of aryl methyl sites for hydroxylation is 1. The number of hydrogen-bond acceptors (Lipinski definition) is 4. The minimum Gasteiger partial charge on any atom is -0.314 e. The zero-order valence-corrected chi connectivity index (χ0v) is 15.9. The molecule has 2 rings (SSSR count). The van der Waals surface area contributed by atoms with Crippen molar-refractivity contribution >= 4 is 37.3 Å². The number of thiophene rings is 1. The van der Waals surface area contributed by atoms with Crippen molar-refractivity contribution in [2.45, 2.75) is 44.6 Å². The lowest BCUT2D eigenvalue weighted by Crippen LogP contribution is -2.44. The van der Waals surface area contributed by atoms with Gasteiger partial charge in [-0.3, -0.25) is 0 Å². The molecule has 2 heterocycles. The highest BCUT2D eigenvalue weighted by atomic mass is 79.9. The molecule has 0 bridgehead atoms. The maximum atomic E-state index is 12.7. The number of piperidine rings is 1. The van der Waals surface area contributed by atoms with Crippen LogP contribution in [0.15, 0.2) is 14.7 Å². The smallest absolute Gasteiger partial charge is 0.244 e. The first-order valence-electron chi connectivity index (χ1n) is 7.35. The number of hydrogen-bond donors (Lipinski definition) is 1. The van der Waals surface area contributed by atoms with Gasteiger partial charge in [-0.05, 0) is 61.1 Å². The van der Waals surface area contributed by atoms with E-state index in [1.54, 1.807) is 10.4 Å². The van der Waals surface area contributed by atoms with Gasteiger partial charge < -0.3 is 5.32 Å². The quantitative estimate of drug-likeness (QED) is 0.833. The Kier molecular flexibility index (Phi) is 5.87. The van der Waals surface area contributed by atoms with Crippen LogP contribution >= 0.6 is 27.3 Å². The Hall–Kier alpha value is 0.0500. The fourth-order valence-corrected chi connectivity index (χ4v) is 6.78. The highest BCUT2D eigenvalue weighted by Gasteiger charge is 2.32. The van der Waals surface area contributed by atoms with Gasteiger partial charge in [0.2, 0.25) is 10.0 Å². The molecule has 0 spiro atoms. The molecule has 0 aliphatic carbocycles. The molecule has 0 radical (unpaired) electrons. The summed E-state index contributed by atoms with van der Waals surface area (Å²) in [5.41, 5.74) is 0. The van der Waals surface area contributed by atoms with Crippen molar-refractivity contribution in [3.05, 3.63) is 14.7 Å². The van der Waals surface area contributed by atoms with Crippen molar-refractivity contribution in [1.82, 2.24) is 9.62 Å². The van der Waals surface area contributed by atoms with Crippen molar-refractivity contribution in [3.63, 3.8) is 0 Å². The van der Waals surface area contributed by atoms with E-state index in [1.807, 2.05) is 6.92 Å². The molecule has 7 heteroatoms. The van der Waals surface area contributed by atoms with Gasteiger partial charge in [0.1, 0.15) is 0 Å². The summed E-state index contributed by atoms with van der Waals surface area (Å²) >= 11 is 4.85. The van der Waals surface area contributed by atoms with Crippen LogP contribution in [0.1, 0.15) is 31.6 Å². The Morgan fingerprint density at radius 3 is 2.57 bits per heavy atom. The maximum Gasteiger partial charge on any atom is 0.244 e. The van der Waals surface area contributed by atoms with Crippen molar-refractivity contribution in [1.29, 1.82) is 0 Å². The molecule has 0 aromatic carbocycles. The van der Waals surface area contributed by atoms with Gasteiger partial charge in [-0.2, -0.15) is 4.31 Å². The zero-order valence-electron chi connectivity index (χ0n) is 12.7. The lowest BCUT2D eigenvalue weighted by molar-refractivity contribution is 0.233. The number of sulfonamides is 1. The van der Waals surface area contributed by atoms with E-state index in [9.17, 15) is 8.42 Å². The number of rotatable bonds is 5. The molecule has 0 amide bonds. The van der Waals surface area contributed by atoms with Gasteiger partial charge in [-0.15, -0.1) is 11.3 Å². The average Bonchev–Trinajstić information content (AvgIpc) is 2.79. The molecule has 1 saturated heterocycles. The summed E-state index contributed by atoms with van der Waals surface area (Å²) in [6.45, 7) is 8.36. The molecule has 120 valence electrons. The second-order valence-corrected chi connectivity index (χ2v) is 10.1. The molecule has 1 fully saturated rings. The van der Waals surface area contributed by atoms with Crippen LogP contribution in [-0.2, 0) is 10.0 Å². The molecule has 0 saturated carbocycles. The summed E-state index contributed by atoms with van der Waals surface area (Å²) in [5.74, 6) is 0.562. The third-order valence-corrected chi connectivity index (χ3v) is 7.90. The third-order valence-electron chi connectivity index (χ3n) is 4.19. The van der Waals surface area contributed by atoms with Crippen LogP contribution in [0.25, 0.3) is 0 Å². The topological polar surface area (TPSA) is 49.4 Å². The maximum absolute atomic E-state index is 12.7. The van der Waals surface area contributed by atoms with Crippen molar-refractivity contribution in [2.75, 3.05) is 19.6 Å². The summed E-state index contributed by atoms with van der Waals surface area (Å²) < 4.78 is 28.0. The van der Waals surface area contributed by atoms with E-state index in [-0.39, 0.29) is 0 Å². The fraction of sp³-hybridized carbons (Fsp3) is 0.714. The van der Waals surface area contributed by atoms with Gasteiger partial charge in [0.25, 0.3) is 0 Å². The number of halogens is 1. The predicted molar refractivity (Wildman–Crippen MR) is 91.4 cm³/mol. The number of nitrogens with one attached hydrogen (secondary N) is 1. The average molecular weight is 395 g/mol. The summed E-state index contributed by atoms with van der Waals surface area (Å²) in [6.07, 6.45) is 1.86. The first-order chi connectivity index (χ1) is 9.86. The van der Waals surface area contributed by atoms with Crippen LogP contribution in [0.5, 0.6) is 0 Å². The monoisotopic (exact) mass is 394 g/mol. The number of nitrogens with zero attached hydrogens (tertiary/aromatic N) is 1. The Morgan fingerprint density at radius 2 is 2.10 bits per heavy atom. The standard InChI is InChI=1S/C14H23BrN2O2S2/c1-4-16-10(2)12-5-7-17(8-6-12)21(18,19)13-9-14(15)20-11(13)3/h9-10,12,16H,4-8H2,1-3H3. The molecule has 1 aromatic rings. The van der Waals surface area contributed by atoms with E-state index in [0.29, 0.717) is 29.9 Å². The van der Waals surface area contributed by atoms with Gasteiger partial charge >= 0.3 is 0 Å². The fourth-order valence-electron chi connectivity index (χ4n) is 2.93. The predicted octanol–water partition coefficient (Wildman–Crippen LogP) is 3.22. The van der Waals surface area contributed by atoms with Crippen LogP contribution in [0, 0.1) is 12.8 Å². The molecule has 1 aliphatic heterocycles. The molecule has 1 aromatic heterocycles. The van der Waals surface area contributed by atoms with Crippen LogP contribution in [0.4, 0.5) is 0 Å². The first kappa shape index (κ1) is 17.4. The second kappa shape index (κ2) is 7.08. The normalized spacial score (nSPS) is 19.8. The molecular weight excluding hydrogens is 372 g/mol. The van der Waals surface area contributed by atoms with Crippen molar-refractivity contribution < 1.29 is 8.42 Å². The SMILES string of the molecule is CCNC(C)C1CCN(S(=O)(=O)c2cc(Br)sc2C)CC1. The molecule has 1 atom stereocenters. The summed E-state index contributed by atoms with van der Waals surface area (Å²) in [6, 6.07) is 2.18. The van der Waals surface area contributed by atoms with E-state index in [4.69, 9.17) is 0 Å². The van der Waals surface area contributed by atoms with Gasteiger partial charge in [0.15, 0.2) is 0 Å². The van der Waals surface area contributed by atoms with Crippen molar-refractivity contribution in [2.24, 2.45) is 5.92 Å². The van der Waals surface area contributed by atoms with Gasteiger partial charge in [0.05, 0.1) is 8.68 Å². The highest BCUT2D eigenvalue weighted by Crippen LogP contribution is 2.33. The van der Waals surface area contributed by atoms with Crippen LogP contribution in [0.2, 0.25) is 0 Å². The summed E-state index contributed by atoms with van der Waals surface area (Å²) in [7, 11) is -3.34. The molecule has 1 N–H and O–H groups in total. The lowest BCUT2D eigenvalue weighted by Gasteiger charge is -2.34. The summed E-state index contributed by atoms with van der Waals surface area (Å²) in [4.78, 5) is 1.31. The molecule has 21 heavy (non-hydrogen) atoms. The molecular formula is C14H23BrN2O2S2. The van der Waals surface area contributed by atoms with Crippen LogP contribution in [0.3, 0.4) is 0 Å². The molecule has 4 nitrogen and oxygen atoms in total. The first-order valence-corrected chi connectivity index (χ1v) is 10.4. The second-order valence-electron chi connectivity index (χ2n) is 5.56.